The molecule has 4 aliphatic carbocycles. The number of ketones is 1. The first-order chi connectivity index (χ1) is 22.1. The van der Waals surface area contributed by atoms with E-state index < -0.39 is 59.9 Å². The number of ether oxygens (including phenoxy) is 4. The lowest BCUT2D eigenvalue weighted by molar-refractivity contribution is -0.312. The number of esters is 1. The van der Waals surface area contributed by atoms with Gasteiger partial charge in [-0.2, -0.15) is 0 Å². The summed E-state index contributed by atoms with van der Waals surface area (Å²) in [5.74, 6) is 0.325. The van der Waals surface area contributed by atoms with Crippen LogP contribution in [0.2, 0.25) is 0 Å². The summed E-state index contributed by atoms with van der Waals surface area (Å²) in [6.45, 7) is 20.7. The van der Waals surface area contributed by atoms with E-state index in [0.29, 0.717) is 12.3 Å². The molecule has 6 rings (SSSR count). The molecule has 6 aliphatic rings. The standard InChI is InChI=1S/C38H62O10/c1-19-17-22(31(34(5,6)44)46-20(2)39)47-29-26(19)37(9)16-15-36(8)24(38(37,10)30(29)43)12-11-23-33(3,4)25(13-14-35(23,36)7)48-32-28(42)27(41)21(40)18-45-32/h19,21-29,31-32,40-42,44H,11-18H2,1-10H3/t19-,21-,22-,23+,24-,25+,26?,27+,28-,29+,31+,32+,35+,36-,37-,38-/m1/s1. The molecule has 274 valence electrons. The Morgan fingerprint density at radius 1 is 0.917 bits per heavy atom. The second-order valence-corrected chi connectivity index (χ2v) is 18.8. The molecule has 16 atom stereocenters. The van der Waals surface area contributed by atoms with E-state index in [1.54, 1.807) is 13.8 Å². The number of carbonyl (C=O) groups is 2. The van der Waals surface area contributed by atoms with Gasteiger partial charge in [-0.1, -0.05) is 48.5 Å². The molecule has 10 nitrogen and oxygen atoms in total. The Labute approximate surface area is 286 Å². The van der Waals surface area contributed by atoms with Gasteiger partial charge in [0.05, 0.1) is 24.4 Å². The second-order valence-electron chi connectivity index (χ2n) is 18.8. The molecule has 0 aromatic heterocycles. The van der Waals surface area contributed by atoms with Crippen molar-refractivity contribution in [1.29, 1.82) is 0 Å². The lowest BCUT2D eigenvalue weighted by Crippen LogP contribution is -2.67. The SMILES string of the molecule is CC(=O)O[C@@H]([C@H]1C[C@@H](C)C2[C@H](O1)C(=O)[C@@]1(C)[C@@H]3CC[C@H]4C(C)(C)[C@@H](O[C@@H]5OC[C@@H](O)[C@H](O)[C@H]5O)CC[C@]4(C)[C@]3(C)CC[C@]21C)C(C)(C)O. The van der Waals surface area contributed by atoms with Gasteiger partial charge in [0.2, 0.25) is 0 Å². The topological polar surface area (TPSA) is 152 Å². The minimum absolute atomic E-state index is 0.0393. The maximum absolute atomic E-state index is 15.0. The van der Waals surface area contributed by atoms with Crippen LogP contribution in [0.3, 0.4) is 0 Å². The fraction of sp³-hybridized carbons (Fsp3) is 0.947. The zero-order valence-electron chi connectivity index (χ0n) is 30.8. The van der Waals surface area contributed by atoms with Crippen molar-refractivity contribution in [2.75, 3.05) is 6.61 Å². The molecule has 0 aromatic carbocycles. The summed E-state index contributed by atoms with van der Waals surface area (Å²) in [7, 11) is 0. The first-order valence-electron chi connectivity index (χ1n) is 18.5. The van der Waals surface area contributed by atoms with Crippen LogP contribution in [0.15, 0.2) is 0 Å². The molecule has 6 fully saturated rings. The summed E-state index contributed by atoms with van der Waals surface area (Å²) in [4.78, 5) is 27.1. The number of hydrogen-bond donors (Lipinski definition) is 4. The molecule has 0 aromatic rings. The van der Waals surface area contributed by atoms with Gasteiger partial charge in [0.25, 0.3) is 0 Å². The summed E-state index contributed by atoms with van der Waals surface area (Å²) in [5.41, 5.74) is -2.65. The summed E-state index contributed by atoms with van der Waals surface area (Å²) >= 11 is 0. The summed E-state index contributed by atoms with van der Waals surface area (Å²) in [6, 6.07) is 0. The van der Waals surface area contributed by atoms with Gasteiger partial charge in [0.1, 0.15) is 24.4 Å². The van der Waals surface area contributed by atoms with Gasteiger partial charge in [-0.3, -0.25) is 9.59 Å². The highest BCUT2D eigenvalue weighted by Gasteiger charge is 2.77. The molecule has 48 heavy (non-hydrogen) atoms. The van der Waals surface area contributed by atoms with Crippen molar-refractivity contribution in [3.05, 3.63) is 0 Å². The summed E-state index contributed by atoms with van der Waals surface area (Å²) in [6.07, 6.45) is -0.981. The van der Waals surface area contributed by atoms with E-state index in [1.165, 1.54) is 6.92 Å². The zero-order chi connectivity index (χ0) is 35.6. The third kappa shape index (κ3) is 4.96. The van der Waals surface area contributed by atoms with Gasteiger partial charge < -0.3 is 39.4 Å². The number of aliphatic hydroxyl groups is 4. The monoisotopic (exact) mass is 678 g/mol. The van der Waals surface area contributed by atoms with Crippen molar-refractivity contribution in [2.45, 2.75) is 169 Å². The molecular formula is C38H62O10. The lowest BCUT2D eigenvalue weighted by atomic mass is 9.33. The van der Waals surface area contributed by atoms with Gasteiger partial charge in [0.15, 0.2) is 18.2 Å². The first kappa shape index (κ1) is 36.6. The summed E-state index contributed by atoms with van der Waals surface area (Å²) < 4.78 is 24.5. The molecular weight excluding hydrogens is 616 g/mol. The molecule has 2 aliphatic heterocycles. The Bertz CT molecular complexity index is 1280. The van der Waals surface area contributed by atoms with Gasteiger partial charge in [0, 0.05) is 18.3 Å². The second kappa shape index (κ2) is 11.7. The van der Waals surface area contributed by atoms with Crippen molar-refractivity contribution in [1.82, 2.24) is 0 Å². The minimum atomic E-state index is -1.33. The maximum atomic E-state index is 15.0. The normalized spacial score (nSPS) is 52.4. The molecule has 2 saturated heterocycles. The van der Waals surface area contributed by atoms with Crippen LogP contribution < -0.4 is 0 Å². The van der Waals surface area contributed by atoms with Crippen LogP contribution in [-0.4, -0.2) is 93.4 Å². The molecule has 2 heterocycles. The molecule has 0 bridgehead atoms. The third-order valence-corrected chi connectivity index (χ3v) is 15.7. The van der Waals surface area contributed by atoms with Gasteiger partial charge in [-0.25, -0.2) is 0 Å². The lowest BCUT2D eigenvalue weighted by Gasteiger charge is -2.71. The highest BCUT2D eigenvalue weighted by atomic mass is 16.7. The molecule has 0 spiro atoms. The van der Waals surface area contributed by atoms with Crippen LogP contribution in [0.1, 0.15) is 114 Å². The third-order valence-electron chi connectivity index (χ3n) is 15.7. The van der Waals surface area contributed by atoms with Gasteiger partial charge in [-0.05, 0) is 98.2 Å². The van der Waals surface area contributed by atoms with Gasteiger partial charge >= 0.3 is 5.97 Å². The predicted octanol–water partition coefficient (Wildman–Crippen LogP) is 4.17. The van der Waals surface area contributed by atoms with E-state index in [-0.39, 0.29) is 57.9 Å². The zero-order valence-corrected chi connectivity index (χ0v) is 30.8. The van der Waals surface area contributed by atoms with E-state index in [9.17, 15) is 25.2 Å². The Morgan fingerprint density at radius 2 is 1.52 bits per heavy atom. The van der Waals surface area contributed by atoms with E-state index >= 15 is 4.79 Å². The Balaban J connectivity index is 1.28. The van der Waals surface area contributed by atoms with Gasteiger partial charge in [-0.15, -0.1) is 0 Å². The summed E-state index contributed by atoms with van der Waals surface area (Å²) in [5, 5.41) is 41.9. The fourth-order valence-electron chi connectivity index (χ4n) is 13.0. The Kier molecular flexibility index (Phi) is 8.92. The number of hydrogen-bond acceptors (Lipinski definition) is 10. The van der Waals surface area contributed by atoms with Crippen LogP contribution >= 0.6 is 0 Å². The van der Waals surface area contributed by atoms with Crippen molar-refractivity contribution < 1.29 is 49.0 Å². The number of rotatable bonds is 5. The van der Waals surface area contributed by atoms with E-state index in [4.69, 9.17) is 18.9 Å². The Morgan fingerprint density at radius 3 is 2.15 bits per heavy atom. The van der Waals surface area contributed by atoms with Crippen molar-refractivity contribution in [3.8, 4) is 0 Å². The maximum Gasteiger partial charge on any atom is 0.303 e. The molecule has 1 unspecified atom stereocenters. The highest BCUT2D eigenvalue weighted by molar-refractivity contribution is 5.93. The number of aliphatic hydroxyl groups excluding tert-OH is 3. The molecule has 10 heteroatoms. The number of carbonyl (C=O) groups excluding carboxylic acids is 2. The average Bonchev–Trinajstić information content (AvgIpc) is 3.16. The van der Waals surface area contributed by atoms with Crippen LogP contribution in [0.4, 0.5) is 0 Å². The highest BCUT2D eigenvalue weighted by Crippen LogP contribution is 2.78. The Hall–Kier alpha value is -1.14. The number of Topliss-reactive ketones (excluding diaryl/α,β-unsaturated/α-hetero) is 1. The largest absolute Gasteiger partial charge is 0.457 e. The van der Waals surface area contributed by atoms with Crippen molar-refractivity contribution >= 4 is 11.8 Å². The van der Waals surface area contributed by atoms with E-state index in [2.05, 4.69) is 48.5 Å². The van der Waals surface area contributed by atoms with Crippen LogP contribution in [0, 0.1) is 50.7 Å². The fourth-order valence-corrected chi connectivity index (χ4v) is 13.0. The molecule has 0 radical (unpaired) electrons. The van der Waals surface area contributed by atoms with E-state index in [1.807, 2.05) is 0 Å². The minimum Gasteiger partial charge on any atom is -0.457 e. The smallest absolute Gasteiger partial charge is 0.303 e. The predicted molar refractivity (Wildman–Crippen MR) is 176 cm³/mol. The molecule has 4 N–H and O–H groups in total. The van der Waals surface area contributed by atoms with Crippen molar-refractivity contribution in [3.63, 3.8) is 0 Å². The first-order valence-corrected chi connectivity index (χ1v) is 18.5. The molecule has 0 amide bonds. The quantitative estimate of drug-likeness (QED) is 0.246. The van der Waals surface area contributed by atoms with Crippen LogP contribution in [0.5, 0.6) is 0 Å². The number of fused-ring (bicyclic) bond motifs is 7. The van der Waals surface area contributed by atoms with Crippen LogP contribution in [-0.2, 0) is 28.5 Å². The average molecular weight is 679 g/mol. The molecule has 4 saturated carbocycles. The van der Waals surface area contributed by atoms with Crippen LogP contribution in [0.25, 0.3) is 0 Å². The van der Waals surface area contributed by atoms with Crippen molar-refractivity contribution in [2.24, 2.45) is 50.7 Å². The van der Waals surface area contributed by atoms with E-state index in [0.717, 1.165) is 38.5 Å².